The lowest BCUT2D eigenvalue weighted by atomic mass is 9.69. The Hall–Kier alpha value is -2.91. The monoisotopic (exact) mass is 458 g/mol. The van der Waals surface area contributed by atoms with E-state index in [-0.39, 0.29) is 17.6 Å². The lowest BCUT2D eigenvalue weighted by Crippen LogP contribution is -2.39. The Morgan fingerprint density at radius 1 is 1.18 bits per heavy atom. The van der Waals surface area contributed by atoms with E-state index >= 15 is 0 Å². The molecule has 174 valence electrons. The van der Waals surface area contributed by atoms with Crippen molar-refractivity contribution < 1.29 is 22.7 Å². The van der Waals surface area contributed by atoms with E-state index in [9.17, 15) is 13.2 Å². The third-order valence-electron chi connectivity index (χ3n) is 6.74. The molecule has 1 aliphatic carbocycles. The van der Waals surface area contributed by atoms with Crippen molar-refractivity contribution in [1.82, 2.24) is 20.0 Å². The third kappa shape index (κ3) is 4.00. The molecule has 0 radical (unpaired) electrons. The van der Waals surface area contributed by atoms with E-state index in [1.807, 2.05) is 18.2 Å². The van der Waals surface area contributed by atoms with Crippen molar-refractivity contribution in [2.24, 2.45) is 0 Å². The van der Waals surface area contributed by atoms with Crippen LogP contribution in [0.1, 0.15) is 61.0 Å². The van der Waals surface area contributed by atoms with E-state index in [4.69, 9.17) is 9.57 Å². The first kappa shape index (κ1) is 21.9. The first-order chi connectivity index (χ1) is 15.9. The number of hydrogen-bond donors (Lipinski definition) is 1. The van der Waals surface area contributed by atoms with Crippen molar-refractivity contribution in [2.75, 3.05) is 7.11 Å². The normalized spacial score (nSPS) is 25.5. The Balaban J connectivity index is 1.49. The second kappa shape index (κ2) is 8.46. The van der Waals surface area contributed by atoms with Crippen molar-refractivity contribution in [1.29, 1.82) is 0 Å². The quantitative estimate of drug-likeness (QED) is 0.571. The summed E-state index contributed by atoms with van der Waals surface area (Å²) in [7, 11) is 1.50. The van der Waals surface area contributed by atoms with Crippen LogP contribution in [-0.2, 0) is 11.0 Å². The summed E-state index contributed by atoms with van der Waals surface area (Å²) in [6.45, 7) is 0. The maximum absolute atomic E-state index is 13.4. The van der Waals surface area contributed by atoms with Crippen LogP contribution in [0.25, 0.3) is 5.69 Å². The van der Waals surface area contributed by atoms with Gasteiger partial charge in [0.1, 0.15) is 0 Å². The molecule has 0 bridgehead atoms. The van der Waals surface area contributed by atoms with E-state index in [1.54, 1.807) is 6.07 Å². The van der Waals surface area contributed by atoms with E-state index in [1.165, 1.54) is 25.1 Å². The summed E-state index contributed by atoms with van der Waals surface area (Å²) >= 11 is 0. The number of pyridine rings is 1. The van der Waals surface area contributed by atoms with Crippen molar-refractivity contribution >= 4 is 0 Å². The molecule has 5 rings (SSSR count). The molecule has 2 aliphatic rings. The van der Waals surface area contributed by atoms with Crippen molar-refractivity contribution in [3.8, 4) is 11.6 Å². The number of alkyl halides is 3. The highest BCUT2D eigenvalue weighted by Gasteiger charge is 2.49. The first-order valence-electron chi connectivity index (χ1n) is 11.0. The number of rotatable bonds is 4. The van der Waals surface area contributed by atoms with E-state index in [2.05, 4.69) is 27.6 Å². The molecule has 3 aromatic rings. The van der Waals surface area contributed by atoms with Crippen LogP contribution < -0.4 is 10.2 Å². The number of ether oxygens (including phenoxy) is 1. The van der Waals surface area contributed by atoms with E-state index in [0.717, 1.165) is 36.4 Å². The zero-order chi connectivity index (χ0) is 23.1. The first-order valence-corrected chi connectivity index (χ1v) is 11.0. The smallest absolute Gasteiger partial charge is 0.450 e. The molecule has 3 heterocycles. The number of aromatic nitrogens is 3. The molecule has 33 heavy (non-hydrogen) atoms. The number of benzene rings is 1. The molecule has 1 aromatic carbocycles. The second-order valence-corrected chi connectivity index (χ2v) is 8.66. The predicted octanol–water partition coefficient (Wildman–Crippen LogP) is 5.36. The van der Waals surface area contributed by atoms with Gasteiger partial charge in [0, 0.05) is 30.3 Å². The van der Waals surface area contributed by atoms with Crippen molar-refractivity contribution in [3.05, 3.63) is 71.9 Å². The van der Waals surface area contributed by atoms with Crippen LogP contribution in [0.4, 0.5) is 13.2 Å². The molecular weight excluding hydrogens is 433 g/mol. The van der Waals surface area contributed by atoms with Crippen LogP contribution in [0.5, 0.6) is 5.88 Å². The molecule has 9 heteroatoms. The second-order valence-electron chi connectivity index (χ2n) is 8.66. The fourth-order valence-electron chi connectivity index (χ4n) is 5.25. The highest BCUT2D eigenvalue weighted by atomic mass is 19.4. The van der Waals surface area contributed by atoms with Crippen molar-refractivity contribution in [2.45, 2.75) is 55.8 Å². The van der Waals surface area contributed by atoms with Gasteiger partial charge < -0.3 is 4.74 Å². The molecule has 6 nitrogen and oxygen atoms in total. The van der Waals surface area contributed by atoms with E-state index in [0.29, 0.717) is 17.9 Å². The molecule has 1 saturated heterocycles. The maximum atomic E-state index is 13.4. The maximum Gasteiger partial charge on any atom is 0.450 e. The van der Waals surface area contributed by atoms with Crippen molar-refractivity contribution in [3.63, 3.8) is 0 Å². The lowest BCUT2D eigenvalue weighted by molar-refractivity contribution is -0.145. The Bertz CT molecular complexity index is 1120. The van der Waals surface area contributed by atoms with Gasteiger partial charge in [-0.25, -0.2) is 9.97 Å². The van der Waals surface area contributed by atoms with Crippen LogP contribution in [-0.4, -0.2) is 27.2 Å². The van der Waals surface area contributed by atoms with Crippen LogP contribution in [0.15, 0.2) is 55.0 Å². The minimum Gasteiger partial charge on any atom is -0.481 e. The standard InChI is InChI=1S/C24H25F3N4O2/c1-32-21-18(13-17(15-29-21)31-12-11-28-22(31)24(25,26)27)20-14-23(33-30-20)10-6-5-9-19(23)16-7-3-2-4-8-16/h2-4,7-8,11-13,15,19-20,30H,5-6,9-10,14H2,1H3/t19-,20-,23+/m0/s1. The Morgan fingerprint density at radius 2 is 2.00 bits per heavy atom. The Kier molecular flexibility index (Phi) is 5.62. The van der Waals surface area contributed by atoms with Crippen LogP contribution in [0, 0.1) is 0 Å². The summed E-state index contributed by atoms with van der Waals surface area (Å²) in [5, 5.41) is 0. The summed E-state index contributed by atoms with van der Waals surface area (Å²) in [6, 6.07) is 11.7. The zero-order valence-corrected chi connectivity index (χ0v) is 18.2. The molecule has 1 saturated carbocycles. The third-order valence-corrected chi connectivity index (χ3v) is 6.74. The molecule has 2 fully saturated rings. The number of hydrogen-bond acceptors (Lipinski definition) is 5. The van der Waals surface area contributed by atoms with Crippen LogP contribution in [0.3, 0.4) is 0 Å². The molecule has 1 aliphatic heterocycles. The van der Waals surface area contributed by atoms with Crippen LogP contribution >= 0.6 is 0 Å². The molecule has 1 N–H and O–H groups in total. The molecule has 3 atom stereocenters. The highest BCUT2D eigenvalue weighted by Crippen LogP contribution is 2.51. The molecule has 2 aromatic heterocycles. The number of hydroxylamine groups is 1. The van der Waals surface area contributed by atoms with Gasteiger partial charge in [0.15, 0.2) is 0 Å². The van der Waals surface area contributed by atoms with Gasteiger partial charge in [0.05, 0.1) is 30.6 Å². The average molecular weight is 458 g/mol. The zero-order valence-electron chi connectivity index (χ0n) is 18.2. The predicted molar refractivity (Wildman–Crippen MR) is 115 cm³/mol. The fourth-order valence-corrected chi connectivity index (χ4v) is 5.25. The minimum absolute atomic E-state index is 0.234. The Labute approximate surface area is 189 Å². The number of methoxy groups -OCH3 is 1. The summed E-state index contributed by atoms with van der Waals surface area (Å²) < 4.78 is 46.6. The van der Waals surface area contributed by atoms with E-state index < -0.39 is 17.6 Å². The molecular formula is C24H25F3N4O2. The molecule has 0 unspecified atom stereocenters. The molecule has 1 spiro atoms. The average Bonchev–Trinajstić information content (AvgIpc) is 3.48. The van der Waals surface area contributed by atoms with Gasteiger partial charge >= 0.3 is 6.18 Å². The summed E-state index contributed by atoms with van der Waals surface area (Å²) in [4.78, 5) is 14.1. The molecule has 0 amide bonds. The van der Waals surface area contributed by atoms with Gasteiger partial charge in [-0.2, -0.15) is 18.7 Å². The van der Waals surface area contributed by atoms with Crippen LogP contribution in [0.2, 0.25) is 0 Å². The summed E-state index contributed by atoms with van der Waals surface area (Å²) in [5.74, 6) is -0.404. The topological polar surface area (TPSA) is 61.2 Å². The highest BCUT2D eigenvalue weighted by molar-refractivity contribution is 5.42. The number of halogens is 3. The minimum atomic E-state index is -4.58. The van der Waals surface area contributed by atoms with Gasteiger partial charge in [0.25, 0.3) is 0 Å². The summed E-state index contributed by atoms with van der Waals surface area (Å²) in [6.07, 6.45) is 4.00. The largest absolute Gasteiger partial charge is 0.481 e. The van der Waals surface area contributed by atoms with Gasteiger partial charge in [-0.05, 0) is 24.5 Å². The SMILES string of the molecule is COc1ncc(-n2ccnc2C(F)(F)F)cc1[C@@H]1C[C@@]2(CCCC[C@H]2c2ccccc2)ON1. The van der Waals surface area contributed by atoms with Gasteiger partial charge in [-0.3, -0.25) is 9.40 Å². The summed E-state index contributed by atoms with van der Waals surface area (Å²) in [5.41, 5.74) is 4.93. The number of nitrogens with one attached hydrogen (secondary N) is 1. The Morgan fingerprint density at radius 3 is 2.76 bits per heavy atom. The fraction of sp³-hybridized carbons (Fsp3) is 0.417. The number of nitrogens with zero attached hydrogens (tertiary/aromatic N) is 3. The van der Waals surface area contributed by atoms with Gasteiger partial charge in [0.2, 0.25) is 11.7 Å². The van der Waals surface area contributed by atoms with Gasteiger partial charge in [-0.1, -0.05) is 43.2 Å². The number of imidazole rings is 1. The van der Waals surface area contributed by atoms with Gasteiger partial charge in [-0.15, -0.1) is 0 Å². The lowest BCUT2D eigenvalue weighted by Gasteiger charge is -2.40.